The summed E-state index contributed by atoms with van der Waals surface area (Å²) in [5.74, 6) is 0.663. The molecule has 0 aliphatic heterocycles. The molecule has 0 atom stereocenters. The van der Waals surface area contributed by atoms with Gasteiger partial charge >= 0.3 is 0 Å². The van der Waals surface area contributed by atoms with Crippen molar-refractivity contribution in [3.63, 3.8) is 0 Å². The summed E-state index contributed by atoms with van der Waals surface area (Å²) in [6.07, 6.45) is 4.38. The van der Waals surface area contributed by atoms with Crippen LogP contribution in [0, 0.1) is 11.7 Å². The highest BCUT2D eigenvalue weighted by atomic mass is 35.5. The van der Waals surface area contributed by atoms with E-state index in [-0.39, 0.29) is 0 Å². The number of aromatic nitrogens is 2. The van der Waals surface area contributed by atoms with Crippen LogP contribution in [0.5, 0.6) is 0 Å². The van der Waals surface area contributed by atoms with Crippen molar-refractivity contribution in [1.29, 1.82) is 0 Å². The Hall–Kier alpha value is -0.900. The summed E-state index contributed by atoms with van der Waals surface area (Å²) in [6, 6.07) is 0. The average molecular weight is 216 g/mol. The van der Waals surface area contributed by atoms with E-state index in [1.165, 1.54) is 0 Å². The molecule has 0 aromatic carbocycles. The first-order valence-electron chi connectivity index (χ1n) is 4.59. The highest BCUT2D eigenvalue weighted by Crippen LogP contribution is 2.31. The Balaban J connectivity index is 1.78. The molecule has 2 rings (SSSR count). The number of halogens is 2. The van der Waals surface area contributed by atoms with Gasteiger partial charge in [-0.1, -0.05) is 0 Å². The van der Waals surface area contributed by atoms with Crippen molar-refractivity contribution in [1.82, 2.24) is 9.97 Å². The van der Waals surface area contributed by atoms with Gasteiger partial charge in [0.2, 0.25) is 5.95 Å². The first kappa shape index (κ1) is 9.65. The van der Waals surface area contributed by atoms with E-state index in [4.69, 9.17) is 11.6 Å². The van der Waals surface area contributed by atoms with Crippen LogP contribution in [0.15, 0.2) is 12.4 Å². The summed E-state index contributed by atoms with van der Waals surface area (Å²) in [5.41, 5.74) is 0. The van der Waals surface area contributed by atoms with Gasteiger partial charge in [0.15, 0.2) is 5.82 Å². The molecule has 1 aliphatic carbocycles. The summed E-state index contributed by atoms with van der Waals surface area (Å²) in [5, 5.41) is 3.38. The minimum absolute atomic E-state index is 0.330. The highest BCUT2D eigenvalue weighted by molar-refractivity contribution is 6.21. The largest absolute Gasteiger partial charge is 0.354 e. The Kier molecular flexibility index (Phi) is 2.82. The number of hydrogen-bond acceptors (Lipinski definition) is 3. The fraction of sp³-hybridized carbons (Fsp3) is 0.556. The van der Waals surface area contributed by atoms with Gasteiger partial charge < -0.3 is 5.32 Å². The Morgan fingerprint density at radius 2 is 2.07 bits per heavy atom. The van der Waals surface area contributed by atoms with Crippen LogP contribution in [-0.2, 0) is 0 Å². The van der Waals surface area contributed by atoms with E-state index in [0.29, 0.717) is 17.2 Å². The van der Waals surface area contributed by atoms with Crippen LogP contribution in [0.2, 0.25) is 0 Å². The van der Waals surface area contributed by atoms with Crippen LogP contribution in [0.25, 0.3) is 0 Å². The number of anilines is 1. The highest BCUT2D eigenvalue weighted by Gasteiger charge is 2.26. The quantitative estimate of drug-likeness (QED) is 0.785. The van der Waals surface area contributed by atoms with E-state index in [0.717, 1.165) is 31.8 Å². The van der Waals surface area contributed by atoms with Crippen LogP contribution < -0.4 is 5.32 Å². The molecule has 0 unspecified atom stereocenters. The third-order valence-corrected chi connectivity index (χ3v) is 2.70. The number of nitrogens with zero attached hydrogens (tertiary/aromatic N) is 2. The molecule has 5 heteroatoms. The predicted molar refractivity (Wildman–Crippen MR) is 52.8 cm³/mol. The SMILES string of the molecule is Fc1cnc(NCC2CC(Cl)C2)nc1. The summed E-state index contributed by atoms with van der Waals surface area (Å²) in [6.45, 7) is 0.814. The third-order valence-electron chi connectivity index (χ3n) is 2.35. The number of hydrogen-bond donors (Lipinski definition) is 1. The second-order valence-electron chi connectivity index (χ2n) is 3.54. The van der Waals surface area contributed by atoms with Gasteiger partial charge in [0.1, 0.15) is 0 Å². The van der Waals surface area contributed by atoms with Crippen molar-refractivity contribution in [3.05, 3.63) is 18.2 Å². The molecule has 0 saturated heterocycles. The van der Waals surface area contributed by atoms with Crippen LogP contribution in [0.3, 0.4) is 0 Å². The Labute approximate surface area is 86.7 Å². The van der Waals surface area contributed by atoms with Gasteiger partial charge in [0.25, 0.3) is 0 Å². The van der Waals surface area contributed by atoms with Crippen molar-refractivity contribution < 1.29 is 4.39 Å². The van der Waals surface area contributed by atoms with Gasteiger partial charge in [0.05, 0.1) is 12.4 Å². The molecule has 76 valence electrons. The first-order chi connectivity index (χ1) is 6.74. The van der Waals surface area contributed by atoms with Gasteiger partial charge in [-0.25, -0.2) is 14.4 Å². The van der Waals surface area contributed by atoms with Crippen LogP contribution in [0.1, 0.15) is 12.8 Å². The lowest BCUT2D eigenvalue weighted by atomic mass is 9.85. The second kappa shape index (κ2) is 4.09. The molecule has 3 nitrogen and oxygen atoms in total. The molecule has 0 radical (unpaired) electrons. The molecule has 14 heavy (non-hydrogen) atoms. The van der Waals surface area contributed by atoms with Crippen molar-refractivity contribution in [2.24, 2.45) is 5.92 Å². The molecule has 1 aromatic rings. The lowest BCUT2D eigenvalue weighted by molar-refractivity contribution is 0.341. The molecule has 0 bridgehead atoms. The van der Waals surface area contributed by atoms with Gasteiger partial charge in [-0.2, -0.15) is 0 Å². The molecule has 1 saturated carbocycles. The fourth-order valence-corrected chi connectivity index (χ4v) is 1.96. The van der Waals surface area contributed by atoms with E-state index in [2.05, 4.69) is 15.3 Å². The normalized spacial score (nSPS) is 25.6. The molecular weight excluding hydrogens is 205 g/mol. The Morgan fingerprint density at radius 3 is 2.64 bits per heavy atom. The zero-order valence-electron chi connectivity index (χ0n) is 7.58. The second-order valence-corrected chi connectivity index (χ2v) is 4.16. The van der Waals surface area contributed by atoms with E-state index in [1.807, 2.05) is 0 Å². The average Bonchev–Trinajstić information content (AvgIpc) is 2.13. The van der Waals surface area contributed by atoms with E-state index in [9.17, 15) is 4.39 Å². The molecule has 0 spiro atoms. The summed E-state index contributed by atoms with van der Waals surface area (Å²) >= 11 is 5.84. The smallest absolute Gasteiger partial charge is 0.222 e. The maximum absolute atomic E-state index is 12.4. The minimum Gasteiger partial charge on any atom is -0.354 e. The molecule has 1 N–H and O–H groups in total. The standard InChI is InChI=1S/C9H11ClFN3/c10-7-1-6(2-7)3-12-9-13-4-8(11)5-14-9/h4-7H,1-3H2,(H,12,13,14). The lowest BCUT2D eigenvalue weighted by Crippen LogP contribution is -2.30. The summed E-state index contributed by atoms with van der Waals surface area (Å²) < 4.78 is 12.4. The van der Waals surface area contributed by atoms with Gasteiger partial charge in [-0.15, -0.1) is 11.6 Å². The fourth-order valence-electron chi connectivity index (χ4n) is 1.46. The molecule has 1 heterocycles. The molecule has 1 aromatic heterocycles. The van der Waals surface area contributed by atoms with Gasteiger partial charge in [0, 0.05) is 11.9 Å². The zero-order chi connectivity index (χ0) is 9.97. The number of alkyl halides is 1. The third kappa shape index (κ3) is 2.32. The number of rotatable bonds is 3. The topological polar surface area (TPSA) is 37.8 Å². The van der Waals surface area contributed by atoms with Crippen molar-refractivity contribution >= 4 is 17.5 Å². The lowest BCUT2D eigenvalue weighted by Gasteiger charge is -2.30. The van der Waals surface area contributed by atoms with Crippen molar-refractivity contribution in [2.45, 2.75) is 18.2 Å². The van der Waals surface area contributed by atoms with E-state index < -0.39 is 5.82 Å². The first-order valence-corrected chi connectivity index (χ1v) is 5.03. The van der Waals surface area contributed by atoms with Crippen molar-refractivity contribution in [3.8, 4) is 0 Å². The maximum Gasteiger partial charge on any atom is 0.222 e. The van der Waals surface area contributed by atoms with Gasteiger partial charge in [-0.3, -0.25) is 0 Å². The van der Waals surface area contributed by atoms with Crippen LogP contribution in [0.4, 0.5) is 10.3 Å². The van der Waals surface area contributed by atoms with E-state index in [1.54, 1.807) is 0 Å². The predicted octanol–water partition coefficient (Wildman–Crippen LogP) is 2.04. The Bertz CT molecular complexity index is 297. The Morgan fingerprint density at radius 1 is 1.43 bits per heavy atom. The maximum atomic E-state index is 12.4. The number of nitrogens with one attached hydrogen (secondary N) is 1. The molecule has 1 fully saturated rings. The van der Waals surface area contributed by atoms with Crippen LogP contribution >= 0.6 is 11.6 Å². The summed E-state index contributed by atoms with van der Waals surface area (Å²) in [4.78, 5) is 7.59. The van der Waals surface area contributed by atoms with Crippen LogP contribution in [-0.4, -0.2) is 21.9 Å². The summed E-state index contributed by atoms with van der Waals surface area (Å²) in [7, 11) is 0. The minimum atomic E-state index is -0.417. The van der Waals surface area contributed by atoms with E-state index >= 15 is 0 Å². The molecule has 0 amide bonds. The molecular formula is C9H11ClFN3. The van der Waals surface area contributed by atoms with Crippen molar-refractivity contribution in [2.75, 3.05) is 11.9 Å². The molecule has 1 aliphatic rings. The van der Waals surface area contributed by atoms with Gasteiger partial charge in [-0.05, 0) is 18.8 Å². The zero-order valence-corrected chi connectivity index (χ0v) is 8.34. The monoisotopic (exact) mass is 215 g/mol.